The number of aliphatic carboxylic acids is 1. The molecular weight excluding hydrogens is 252 g/mol. The minimum Gasteiger partial charge on any atom is -0.480 e. The molecule has 102 valence electrons. The van der Waals surface area contributed by atoms with Crippen LogP contribution < -0.4 is 5.32 Å². The Balaban J connectivity index is 1.83. The molecule has 0 aromatic heterocycles. The minimum absolute atomic E-state index is 0.00889. The maximum atomic E-state index is 12.1. The van der Waals surface area contributed by atoms with E-state index < -0.39 is 12.0 Å². The lowest BCUT2D eigenvalue weighted by atomic mass is 10.0. The summed E-state index contributed by atoms with van der Waals surface area (Å²) in [6.07, 6.45) is 2.49. The van der Waals surface area contributed by atoms with Gasteiger partial charge in [-0.1, -0.05) is 0 Å². The summed E-state index contributed by atoms with van der Waals surface area (Å²) >= 11 is 1.61. The lowest BCUT2D eigenvalue weighted by molar-refractivity contribution is -0.149. The van der Waals surface area contributed by atoms with Crippen LogP contribution in [-0.4, -0.2) is 59.1 Å². The first kappa shape index (κ1) is 13.7. The van der Waals surface area contributed by atoms with Crippen LogP contribution in [0.5, 0.6) is 0 Å². The highest BCUT2D eigenvalue weighted by molar-refractivity contribution is 7.99. The van der Waals surface area contributed by atoms with E-state index in [2.05, 4.69) is 5.32 Å². The van der Waals surface area contributed by atoms with Gasteiger partial charge < -0.3 is 15.3 Å². The van der Waals surface area contributed by atoms with Crippen molar-refractivity contribution in [3.63, 3.8) is 0 Å². The summed E-state index contributed by atoms with van der Waals surface area (Å²) in [4.78, 5) is 24.8. The average Bonchev–Trinajstić information content (AvgIpc) is 2.89. The second kappa shape index (κ2) is 6.43. The van der Waals surface area contributed by atoms with Gasteiger partial charge in [0.2, 0.25) is 5.91 Å². The van der Waals surface area contributed by atoms with E-state index in [1.807, 2.05) is 0 Å². The molecule has 2 fully saturated rings. The summed E-state index contributed by atoms with van der Waals surface area (Å²) in [6, 6.07) is -0.627. The van der Waals surface area contributed by atoms with Gasteiger partial charge in [0.1, 0.15) is 6.04 Å². The Labute approximate surface area is 111 Å². The van der Waals surface area contributed by atoms with Crippen LogP contribution in [-0.2, 0) is 9.59 Å². The SMILES string of the molecule is O=C(O)C1CSCCN1C(=O)CCC1CCNC1. The van der Waals surface area contributed by atoms with E-state index in [9.17, 15) is 9.59 Å². The molecule has 0 bridgehead atoms. The monoisotopic (exact) mass is 272 g/mol. The number of hydrogen-bond acceptors (Lipinski definition) is 4. The molecule has 0 spiro atoms. The van der Waals surface area contributed by atoms with E-state index in [1.54, 1.807) is 16.7 Å². The van der Waals surface area contributed by atoms with Crippen LogP contribution in [0.2, 0.25) is 0 Å². The number of thioether (sulfide) groups is 1. The van der Waals surface area contributed by atoms with E-state index in [0.717, 1.165) is 31.7 Å². The van der Waals surface area contributed by atoms with Crippen LogP contribution in [0, 0.1) is 5.92 Å². The highest BCUT2D eigenvalue weighted by atomic mass is 32.2. The van der Waals surface area contributed by atoms with E-state index in [0.29, 0.717) is 24.6 Å². The largest absolute Gasteiger partial charge is 0.480 e. The summed E-state index contributed by atoms with van der Waals surface area (Å²) in [7, 11) is 0. The number of rotatable bonds is 4. The first-order valence-corrected chi connectivity index (χ1v) is 7.64. The van der Waals surface area contributed by atoms with Gasteiger partial charge in [-0.2, -0.15) is 11.8 Å². The molecule has 2 saturated heterocycles. The third kappa shape index (κ3) is 3.38. The van der Waals surface area contributed by atoms with Crippen LogP contribution in [0.4, 0.5) is 0 Å². The highest BCUT2D eigenvalue weighted by Gasteiger charge is 2.32. The maximum Gasteiger partial charge on any atom is 0.327 e. The predicted octanol–water partition coefficient (Wildman–Crippen LogP) is 0.405. The Bertz CT molecular complexity index is 318. The number of carbonyl (C=O) groups is 2. The second-order valence-corrected chi connectivity index (χ2v) is 6.06. The van der Waals surface area contributed by atoms with Gasteiger partial charge >= 0.3 is 5.97 Å². The third-order valence-electron chi connectivity index (χ3n) is 3.66. The molecule has 2 atom stereocenters. The topological polar surface area (TPSA) is 69.6 Å². The van der Waals surface area contributed by atoms with E-state index >= 15 is 0 Å². The van der Waals surface area contributed by atoms with Crippen molar-refractivity contribution in [2.45, 2.75) is 25.3 Å². The Morgan fingerprint density at radius 3 is 2.94 bits per heavy atom. The van der Waals surface area contributed by atoms with Gasteiger partial charge in [-0.3, -0.25) is 4.79 Å². The summed E-state index contributed by atoms with van der Waals surface area (Å²) in [5.41, 5.74) is 0. The van der Waals surface area contributed by atoms with E-state index in [4.69, 9.17) is 5.11 Å². The zero-order chi connectivity index (χ0) is 13.0. The summed E-state index contributed by atoms with van der Waals surface area (Å²) in [5.74, 6) is 1.08. The first-order valence-electron chi connectivity index (χ1n) is 6.49. The summed E-state index contributed by atoms with van der Waals surface area (Å²) in [5, 5.41) is 12.4. The van der Waals surface area contributed by atoms with Crippen molar-refractivity contribution < 1.29 is 14.7 Å². The molecule has 6 heteroatoms. The van der Waals surface area contributed by atoms with Gasteiger partial charge in [-0.25, -0.2) is 4.79 Å². The minimum atomic E-state index is -0.877. The molecule has 2 heterocycles. The summed E-state index contributed by atoms with van der Waals surface area (Å²) < 4.78 is 0. The lowest BCUT2D eigenvalue weighted by Gasteiger charge is -2.32. The molecule has 2 aliphatic rings. The molecule has 0 aromatic rings. The molecule has 0 saturated carbocycles. The summed E-state index contributed by atoms with van der Waals surface area (Å²) in [6.45, 7) is 2.60. The van der Waals surface area contributed by atoms with E-state index in [1.165, 1.54) is 0 Å². The standard InChI is InChI=1S/C12H20N2O3S/c15-11(2-1-9-3-4-13-7-9)14-5-6-18-8-10(14)12(16)17/h9-10,13H,1-8H2,(H,16,17). The van der Waals surface area contributed by atoms with Crippen molar-refractivity contribution in [2.24, 2.45) is 5.92 Å². The Hall–Kier alpha value is -0.750. The van der Waals surface area contributed by atoms with Gasteiger partial charge in [0.15, 0.2) is 0 Å². The van der Waals surface area contributed by atoms with Gasteiger partial charge in [0.05, 0.1) is 0 Å². The molecule has 2 unspecified atom stereocenters. The Kier molecular flexibility index (Phi) is 4.88. The zero-order valence-corrected chi connectivity index (χ0v) is 11.2. The molecular formula is C12H20N2O3S. The number of nitrogens with zero attached hydrogens (tertiary/aromatic N) is 1. The van der Waals surface area contributed by atoms with Gasteiger partial charge in [0, 0.05) is 24.5 Å². The van der Waals surface area contributed by atoms with Crippen molar-refractivity contribution in [3.05, 3.63) is 0 Å². The quantitative estimate of drug-likeness (QED) is 0.775. The molecule has 2 rings (SSSR count). The zero-order valence-electron chi connectivity index (χ0n) is 10.4. The van der Waals surface area contributed by atoms with Gasteiger partial charge in [-0.05, 0) is 31.8 Å². The van der Waals surface area contributed by atoms with Gasteiger partial charge in [-0.15, -0.1) is 0 Å². The Morgan fingerprint density at radius 2 is 2.28 bits per heavy atom. The number of amides is 1. The second-order valence-electron chi connectivity index (χ2n) is 4.91. The van der Waals surface area contributed by atoms with Crippen molar-refractivity contribution in [2.75, 3.05) is 31.1 Å². The Morgan fingerprint density at radius 1 is 1.44 bits per heavy atom. The molecule has 5 nitrogen and oxygen atoms in total. The van der Waals surface area contributed by atoms with E-state index in [-0.39, 0.29) is 5.91 Å². The maximum absolute atomic E-state index is 12.1. The third-order valence-corrected chi connectivity index (χ3v) is 4.69. The molecule has 0 aliphatic carbocycles. The van der Waals surface area contributed by atoms with Crippen LogP contribution in [0.3, 0.4) is 0 Å². The van der Waals surface area contributed by atoms with Crippen molar-refractivity contribution in [3.8, 4) is 0 Å². The molecule has 2 N–H and O–H groups in total. The van der Waals surface area contributed by atoms with Crippen LogP contribution in [0.15, 0.2) is 0 Å². The number of hydrogen-bond donors (Lipinski definition) is 2. The fraction of sp³-hybridized carbons (Fsp3) is 0.833. The van der Waals surface area contributed by atoms with Crippen LogP contribution >= 0.6 is 11.8 Å². The van der Waals surface area contributed by atoms with Crippen molar-refractivity contribution in [1.29, 1.82) is 0 Å². The van der Waals surface area contributed by atoms with Gasteiger partial charge in [0.25, 0.3) is 0 Å². The normalized spacial score (nSPS) is 28.3. The number of carboxylic acid groups (broad SMARTS) is 1. The number of nitrogens with one attached hydrogen (secondary N) is 1. The molecule has 18 heavy (non-hydrogen) atoms. The lowest BCUT2D eigenvalue weighted by Crippen LogP contribution is -2.50. The molecule has 2 aliphatic heterocycles. The number of carboxylic acids is 1. The fourth-order valence-corrected chi connectivity index (χ4v) is 3.58. The van der Waals surface area contributed by atoms with Crippen molar-refractivity contribution in [1.82, 2.24) is 10.2 Å². The van der Waals surface area contributed by atoms with Crippen molar-refractivity contribution >= 4 is 23.6 Å². The smallest absolute Gasteiger partial charge is 0.327 e. The fourth-order valence-electron chi connectivity index (χ4n) is 2.54. The average molecular weight is 272 g/mol. The molecule has 1 amide bonds. The highest BCUT2D eigenvalue weighted by Crippen LogP contribution is 2.20. The van der Waals surface area contributed by atoms with Crippen LogP contribution in [0.25, 0.3) is 0 Å². The predicted molar refractivity (Wildman–Crippen MR) is 70.7 cm³/mol. The van der Waals surface area contributed by atoms with Crippen LogP contribution in [0.1, 0.15) is 19.3 Å². The first-order chi connectivity index (χ1) is 8.68. The molecule has 0 aromatic carbocycles. The molecule has 0 radical (unpaired) electrons. The number of carbonyl (C=O) groups excluding carboxylic acids is 1.